The fraction of sp³-hybridized carbons (Fsp3) is 0.133. The fourth-order valence-corrected chi connectivity index (χ4v) is 3.57. The SMILES string of the molecule is Cc1csc(SCC(=O)Nc2cccc3ncccc23)n1. The molecule has 0 unspecified atom stereocenters. The van der Waals surface area contributed by atoms with Crippen molar-refractivity contribution in [3.05, 3.63) is 47.6 Å². The Labute approximate surface area is 130 Å². The zero-order chi connectivity index (χ0) is 14.7. The molecule has 0 aliphatic rings. The zero-order valence-electron chi connectivity index (χ0n) is 11.4. The van der Waals surface area contributed by atoms with Gasteiger partial charge in [0.05, 0.1) is 17.0 Å². The van der Waals surface area contributed by atoms with Crippen LogP contribution >= 0.6 is 23.1 Å². The van der Waals surface area contributed by atoms with E-state index in [1.165, 1.54) is 11.8 Å². The summed E-state index contributed by atoms with van der Waals surface area (Å²) in [6.45, 7) is 1.95. The van der Waals surface area contributed by atoms with Crippen molar-refractivity contribution in [2.24, 2.45) is 0 Å². The first-order valence-electron chi connectivity index (χ1n) is 6.41. The molecule has 0 spiro atoms. The maximum Gasteiger partial charge on any atom is 0.234 e. The molecule has 0 aliphatic carbocycles. The van der Waals surface area contributed by atoms with Gasteiger partial charge < -0.3 is 5.32 Å². The van der Waals surface area contributed by atoms with E-state index in [4.69, 9.17) is 0 Å². The first-order valence-corrected chi connectivity index (χ1v) is 8.27. The van der Waals surface area contributed by atoms with Crippen molar-refractivity contribution in [2.45, 2.75) is 11.3 Å². The van der Waals surface area contributed by atoms with Crippen LogP contribution in [0.15, 0.2) is 46.2 Å². The summed E-state index contributed by atoms with van der Waals surface area (Å²) in [4.78, 5) is 20.7. The lowest BCUT2D eigenvalue weighted by Crippen LogP contribution is -2.14. The Kier molecular flexibility index (Phi) is 4.17. The van der Waals surface area contributed by atoms with Gasteiger partial charge in [-0.05, 0) is 31.2 Å². The van der Waals surface area contributed by atoms with Gasteiger partial charge in [-0.2, -0.15) is 0 Å². The molecule has 21 heavy (non-hydrogen) atoms. The van der Waals surface area contributed by atoms with Gasteiger partial charge >= 0.3 is 0 Å². The maximum atomic E-state index is 12.1. The van der Waals surface area contributed by atoms with Crippen molar-refractivity contribution < 1.29 is 4.79 Å². The Morgan fingerprint density at radius 3 is 3.05 bits per heavy atom. The molecular formula is C15H13N3OS2. The molecule has 2 heterocycles. The van der Waals surface area contributed by atoms with Gasteiger partial charge in [0.15, 0.2) is 4.34 Å². The second kappa shape index (κ2) is 6.24. The van der Waals surface area contributed by atoms with E-state index in [2.05, 4.69) is 15.3 Å². The largest absolute Gasteiger partial charge is 0.325 e. The molecule has 0 bridgehead atoms. The fourth-order valence-electron chi connectivity index (χ4n) is 1.92. The predicted octanol–water partition coefficient (Wildman–Crippen LogP) is 3.73. The van der Waals surface area contributed by atoms with Crippen LogP contribution < -0.4 is 5.32 Å². The third-order valence-corrected chi connectivity index (χ3v) is 4.98. The highest BCUT2D eigenvalue weighted by Gasteiger charge is 2.08. The van der Waals surface area contributed by atoms with Crippen molar-refractivity contribution in [2.75, 3.05) is 11.1 Å². The summed E-state index contributed by atoms with van der Waals surface area (Å²) in [5.41, 5.74) is 2.66. The number of carbonyl (C=O) groups is 1. The van der Waals surface area contributed by atoms with E-state index in [9.17, 15) is 4.79 Å². The van der Waals surface area contributed by atoms with Crippen molar-refractivity contribution in [3.8, 4) is 0 Å². The molecule has 0 radical (unpaired) electrons. The Morgan fingerprint density at radius 1 is 1.33 bits per heavy atom. The summed E-state index contributed by atoms with van der Waals surface area (Å²) in [7, 11) is 0. The quantitative estimate of drug-likeness (QED) is 0.745. The lowest BCUT2D eigenvalue weighted by molar-refractivity contribution is -0.113. The van der Waals surface area contributed by atoms with Gasteiger partial charge in [0.1, 0.15) is 0 Å². The number of pyridine rings is 1. The molecule has 0 aliphatic heterocycles. The highest BCUT2D eigenvalue weighted by Crippen LogP contribution is 2.24. The molecule has 3 rings (SSSR count). The summed E-state index contributed by atoms with van der Waals surface area (Å²) in [5.74, 6) is 0.313. The van der Waals surface area contributed by atoms with Crippen LogP contribution in [0.5, 0.6) is 0 Å². The number of nitrogens with one attached hydrogen (secondary N) is 1. The number of nitrogens with zero attached hydrogens (tertiary/aromatic N) is 2. The number of benzene rings is 1. The molecule has 1 amide bonds. The van der Waals surface area contributed by atoms with E-state index in [-0.39, 0.29) is 5.91 Å². The van der Waals surface area contributed by atoms with E-state index in [1.807, 2.05) is 42.6 Å². The first kappa shape index (κ1) is 14.0. The second-order valence-electron chi connectivity index (χ2n) is 4.47. The lowest BCUT2D eigenvalue weighted by Gasteiger charge is -2.07. The number of rotatable bonds is 4. The molecule has 6 heteroatoms. The third kappa shape index (κ3) is 3.40. The van der Waals surface area contributed by atoms with Gasteiger partial charge in [-0.1, -0.05) is 17.8 Å². The van der Waals surface area contributed by atoms with Crippen molar-refractivity contribution in [1.82, 2.24) is 9.97 Å². The maximum absolute atomic E-state index is 12.1. The minimum atomic E-state index is -0.0378. The van der Waals surface area contributed by atoms with E-state index < -0.39 is 0 Å². The number of hydrogen-bond acceptors (Lipinski definition) is 5. The molecule has 1 N–H and O–H groups in total. The number of aromatic nitrogens is 2. The predicted molar refractivity (Wildman–Crippen MR) is 87.9 cm³/mol. The summed E-state index contributed by atoms with van der Waals surface area (Å²) in [6, 6.07) is 9.53. The normalized spacial score (nSPS) is 10.7. The number of fused-ring (bicyclic) bond motifs is 1. The van der Waals surface area contributed by atoms with Crippen molar-refractivity contribution >= 4 is 45.6 Å². The molecule has 2 aromatic heterocycles. The van der Waals surface area contributed by atoms with Crippen LogP contribution in [0.25, 0.3) is 10.9 Å². The number of amides is 1. The van der Waals surface area contributed by atoms with Crippen molar-refractivity contribution in [3.63, 3.8) is 0 Å². The standard InChI is InChI=1S/C15H13N3OS2/c1-10-8-20-15(17-10)21-9-14(19)18-13-6-2-5-12-11(13)4-3-7-16-12/h2-8H,9H2,1H3,(H,18,19). The van der Waals surface area contributed by atoms with Gasteiger partial charge in [-0.3, -0.25) is 9.78 Å². The van der Waals surface area contributed by atoms with Crippen LogP contribution in [0.2, 0.25) is 0 Å². The molecular weight excluding hydrogens is 302 g/mol. The number of thioether (sulfide) groups is 1. The summed E-state index contributed by atoms with van der Waals surface area (Å²) in [5, 5.41) is 5.87. The molecule has 106 valence electrons. The minimum absolute atomic E-state index is 0.0378. The third-order valence-electron chi connectivity index (χ3n) is 2.84. The van der Waals surface area contributed by atoms with Crippen LogP contribution in [0.4, 0.5) is 5.69 Å². The molecule has 0 atom stereocenters. The van der Waals surface area contributed by atoms with Crippen LogP contribution in [-0.2, 0) is 4.79 Å². The molecule has 0 saturated heterocycles. The molecule has 0 saturated carbocycles. The first-order chi connectivity index (χ1) is 10.2. The van der Waals surface area contributed by atoms with Crippen LogP contribution in [0.3, 0.4) is 0 Å². The van der Waals surface area contributed by atoms with E-state index in [0.717, 1.165) is 26.6 Å². The van der Waals surface area contributed by atoms with Crippen LogP contribution in [-0.4, -0.2) is 21.6 Å². The number of aryl methyl sites for hydroxylation is 1. The number of carbonyl (C=O) groups excluding carboxylic acids is 1. The average molecular weight is 315 g/mol. The van der Waals surface area contributed by atoms with Gasteiger partial charge in [-0.15, -0.1) is 11.3 Å². The summed E-state index contributed by atoms with van der Waals surface area (Å²) >= 11 is 3.02. The average Bonchev–Trinajstić information content (AvgIpc) is 2.91. The molecule has 4 nitrogen and oxygen atoms in total. The highest BCUT2D eigenvalue weighted by molar-refractivity contribution is 8.01. The van der Waals surface area contributed by atoms with E-state index >= 15 is 0 Å². The Balaban J connectivity index is 1.69. The van der Waals surface area contributed by atoms with E-state index in [1.54, 1.807) is 17.5 Å². The van der Waals surface area contributed by atoms with Gasteiger partial charge in [0, 0.05) is 22.7 Å². The minimum Gasteiger partial charge on any atom is -0.325 e. The highest BCUT2D eigenvalue weighted by atomic mass is 32.2. The van der Waals surface area contributed by atoms with Gasteiger partial charge in [0.25, 0.3) is 0 Å². The van der Waals surface area contributed by atoms with E-state index in [0.29, 0.717) is 5.75 Å². The Bertz CT molecular complexity index is 780. The molecule has 0 fully saturated rings. The van der Waals surface area contributed by atoms with Crippen molar-refractivity contribution in [1.29, 1.82) is 0 Å². The Morgan fingerprint density at radius 2 is 2.24 bits per heavy atom. The lowest BCUT2D eigenvalue weighted by atomic mass is 10.2. The number of thiazole rings is 1. The van der Waals surface area contributed by atoms with Crippen LogP contribution in [0, 0.1) is 6.92 Å². The number of anilines is 1. The van der Waals surface area contributed by atoms with Gasteiger partial charge in [-0.25, -0.2) is 4.98 Å². The smallest absolute Gasteiger partial charge is 0.234 e. The monoisotopic (exact) mass is 315 g/mol. The molecule has 3 aromatic rings. The Hall–Kier alpha value is -1.92. The summed E-state index contributed by atoms with van der Waals surface area (Å²) < 4.78 is 0.919. The number of hydrogen-bond donors (Lipinski definition) is 1. The van der Waals surface area contributed by atoms with Gasteiger partial charge in [0.2, 0.25) is 5.91 Å². The second-order valence-corrected chi connectivity index (χ2v) is 6.55. The summed E-state index contributed by atoms with van der Waals surface area (Å²) in [6.07, 6.45) is 1.74. The van der Waals surface area contributed by atoms with Crippen LogP contribution in [0.1, 0.15) is 5.69 Å². The zero-order valence-corrected chi connectivity index (χ0v) is 13.0. The molecule has 1 aromatic carbocycles. The topological polar surface area (TPSA) is 54.9 Å².